The average Bonchev–Trinajstić information content (AvgIpc) is 2.46. The van der Waals surface area contributed by atoms with Crippen LogP contribution in [0.1, 0.15) is 24.6 Å². The average molecular weight is 272 g/mol. The molecule has 5 nitrogen and oxygen atoms in total. The number of nitrogen functional groups attached to an aromatic ring is 1. The quantitative estimate of drug-likeness (QED) is 0.846. The van der Waals surface area contributed by atoms with Crippen LogP contribution in [0.4, 0.5) is 11.5 Å². The maximum absolute atomic E-state index is 5.83. The van der Waals surface area contributed by atoms with Crippen molar-refractivity contribution in [1.82, 2.24) is 9.97 Å². The first-order valence-electron chi connectivity index (χ1n) is 6.73. The van der Waals surface area contributed by atoms with Crippen LogP contribution in [0.2, 0.25) is 0 Å². The van der Waals surface area contributed by atoms with Gasteiger partial charge in [0.2, 0.25) is 5.88 Å². The lowest BCUT2D eigenvalue weighted by molar-refractivity contribution is 0.307. The number of anilines is 2. The standard InChI is InChI=1S/C15H20N4O/c1-3-8-20-15-13(16)6-7-14(19-15)18-10-12-5-4-11(2)17-9-12/h4-7,9H,3,8,10,16H2,1-2H3,(H,18,19). The fraction of sp³-hybridized carbons (Fsp3) is 0.333. The van der Waals surface area contributed by atoms with Crippen molar-refractivity contribution in [1.29, 1.82) is 0 Å². The number of nitrogens with zero attached hydrogens (tertiary/aromatic N) is 2. The van der Waals surface area contributed by atoms with Gasteiger partial charge in [0.15, 0.2) is 0 Å². The normalized spacial score (nSPS) is 10.3. The number of hydrogen-bond donors (Lipinski definition) is 2. The van der Waals surface area contributed by atoms with E-state index in [1.54, 1.807) is 6.07 Å². The predicted molar refractivity (Wildman–Crippen MR) is 80.7 cm³/mol. The molecule has 0 aliphatic carbocycles. The monoisotopic (exact) mass is 272 g/mol. The van der Waals surface area contributed by atoms with Crippen LogP contribution in [-0.4, -0.2) is 16.6 Å². The van der Waals surface area contributed by atoms with E-state index in [1.165, 1.54) is 0 Å². The molecule has 2 heterocycles. The molecular formula is C15H20N4O. The minimum atomic E-state index is 0.485. The lowest BCUT2D eigenvalue weighted by Gasteiger charge is -2.10. The summed E-state index contributed by atoms with van der Waals surface area (Å²) in [6.45, 7) is 5.29. The molecule has 0 fully saturated rings. The zero-order chi connectivity index (χ0) is 14.4. The van der Waals surface area contributed by atoms with E-state index in [0.717, 1.165) is 23.5 Å². The second kappa shape index (κ2) is 6.75. The van der Waals surface area contributed by atoms with E-state index in [0.29, 0.717) is 24.7 Å². The van der Waals surface area contributed by atoms with Gasteiger partial charge in [-0.15, -0.1) is 0 Å². The van der Waals surface area contributed by atoms with Gasteiger partial charge in [0.05, 0.1) is 12.3 Å². The Morgan fingerprint density at radius 3 is 2.80 bits per heavy atom. The van der Waals surface area contributed by atoms with Crippen molar-refractivity contribution in [3.05, 3.63) is 41.7 Å². The van der Waals surface area contributed by atoms with Gasteiger partial charge in [0, 0.05) is 18.4 Å². The van der Waals surface area contributed by atoms with E-state index in [9.17, 15) is 0 Å². The first-order valence-corrected chi connectivity index (χ1v) is 6.73. The van der Waals surface area contributed by atoms with Gasteiger partial charge in [-0.1, -0.05) is 13.0 Å². The second-order valence-corrected chi connectivity index (χ2v) is 4.60. The van der Waals surface area contributed by atoms with Gasteiger partial charge in [-0.05, 0) is 37.1 Å². The van der Waals surface area contributed by atoms with Crippen LogP contribution in [0, 0.1) is 6.92 Å². The number of ether oxygens (including phenoxy) is 1. The second-order valence-electron chi connectivity index (χ2n) is 4.60. The van der Waals surface area contributed by atoms with Gasteiger partial charge >= 0.3 is 0 Å². The Hall–Kier alpha value is -2.30. The number of hydrogen-bond acceptors (Lipinski definition) is 5. The van der Waals surface area contributed by atoms with Gasteiger partial charge in [-0.3, -0.25) is 4.98 Å². The molecule has 0 aromatic carbocycles. The Balaban J connectivity index is 2.00. The maximum Gasteiger partial charge on any atom is 0.239 e. The molecule has 0 radical (unpaired) electrons. The van der Waals surface area contributed by atoms with E-state index in [-0.39, 0.29) is 0 Å². The van der Waals surface area contributed by atoms with E-state index < -0.39 is 0 Å². The minimum absolute atomic E-state index is 0.485. The molecule has 2 aromatic heterocycles. The number of pyridine rings is 2. The molecule has 0 bridgehead atoms. The SMILES string of the molecule is CCCOc1nc(NCc2ccc(C)nc2)ccc1N. The number of aryl methyl sites for hydroxylation is 1. The van der Waals surface area contributed by atoms with Crippen LogP contribution < -0.4 is 15.8 Å². The fourth-order valence-electron chi connectivity index (χ4n) is 1.66. The summed E-state index contributed by atoms with van der Waals surface area (Å²) < 4.78 is 5.51. The zero-order valence-corrected chi connectivity index (χ0v) is 11.9. The lowest BCUT2D eigenvalue weighted by Crippen LogP contribution is -2.06. The summed E-state index contributed by atoms with van der Waals surface area (Å²) >= 11 is 0. The van der Waals surface area contributed by atoms with E-state index in [4.69, 9.17) is 10.5 Å². The molecule has 0 saturated carbocycles. The Bertz CT molecular complexity index is 554. The highest BCUT2D eigenvalue weighted by molar-refractivity contribution is 5.53. The van der Waals surface area contributed by atoms with Gasteiger partial charge in [0.25, 0.3) is 0 Å². The molecule has 5 heteroatoms. The molecule has 0 unspecified atom stereocenters. The summed E-state index contributed by atoms with van der Waals surface area (Å²) in [5.74, 6) is 1.23. The number of nitrogens with one attached hydrogen (secondary N) is 1. The zero-order valence-electron chi connectivity index (χ0n) is 11.9. The number of nitrogens with two attached hydrogens (primary N) is 1. The molecule has 20 heavy (non-hydrogen) atoms. The summed E-state index contributed by atoms with van der Waals surface area (Å²) in [6.07, 6.45) is 2.78. The number of aromatic nitrogens is 2. The molecule has 0 amide bonds. The molecule has 3 N–H and O–H groups in total. The predicted octanol–water partition coefficient (Wildman–Crippen LogP) is 2.77. The van der Waals surface area contributed by atoms with Crippen molar-refractivity contribution >= 4 is 11.5 Å². The summed E-state index contributed by atoms with van der Waals surface area (Å²) in [7, 11) is 0. The summed E-state index contributed by atoms with van der Waals surface area (Å²) in [6, 6.07) is 7.67. The largest absolute Gasteiger partial charge is 0.476 e. The first kappa shape index (κ1) is 14.1. The highest BCUT2D eigenvalue weighted by Gasteiger charge is 2.04. The fourth-order valence-corrected chi connectivity index (χ4v) is 1.66. The third-order valence-electron chi connectivity index (χ3n) is 2.78. The van der Waals surface area contributed by atoms with Gasteiger partial charge in [0.1, 0.15) is 5.82 Å². The van der Waals surface area contributed by atoms with Crippen LogP contribution in [-0.2, 0) is 6.54 Å². The molecule has 106 valence electrons. The first-order chi connectivity index (χ1) is 9.69. The smallest absolute Gasteiger partial charge is 0.239 e. The molecule has 0 spiro atoms. The highest BCUT2D eigenvalue weighted by Crippen LogP contribution is 2.21. The third kappa shape index (κ3) is 3.85. The third-order valence-corrected chi connectivity index (χ3v) is 2.78. The van der Waals surface area contributed by atoms with Gasteiger partial charge in [-0.2, -0.15) is 4.98 Å². The van der Waals surface area contributed by atoms with Crippen molar-refractivity contribution in [2.45, 2.75) is 26.8 Å². The van der Waals surface area contributed by atoms with Gasteiger partial charge < -0.3 is 15.8 Å². The van der Waals surface area contributed by atoms with Crippen LogP contribution in [0.15, 0.2) is 30.5 Å². The van der Waals surface area contributed by atoms with Crippen molar-refractivity contribution in [3.63, 3.8) is 0 Å². The van der Waals surface area contributed by atoms with Crippen molar-refractivity contribution < 1.29 is 4.74 Å². The minimum Gasteiger partial charge on any atom is -0.476 e. The van der Waals surface area contributed by atoms with Crippen LogP contribution in [0.25, 0.3) is 0 Å². The Morgan fingerprint density at radius 1 is 1.25 bits per heavy atom. The molecule has 2 aromatic rings. The van der Waals surface area contributed by atoms with Crippen LogP contribution in [0.3, 0.4) is 0 Å². The summed E-state index contributed by atoms with van der Waals surface area (Å²) in [4.78, 5) is 8.62. The molecule has 0 aliphatic heterocycles. The topological polar surface area (TPSA) is 73.1 Å². The van der Waals surface area contributed by atoms with Crippen LogP contribution >= 0.6 is 0 Å². The molecule has 0 saturated heterocycles. The van der Waals surface area contributed by atoms with E-state index in [1.807, 2.05) is 38.2 Å². The van der Waals surface area contributed by atoms with Crippen molar-refractivity contribution in [3.8, 4) is 5.88 Å². The van der Waals surface area contributed by atoms with Crippen LogP contribution in [0.5, 0.6) is 5.88 Å². The molecule has 0 atom stereocenters. The summed E-state index contributed by atoms with van der Waals surface area (Å²) in [5.41, 5.74) is 8.50. The Labute approximate surface area is 119 Å². The number of rotatable bonds is 6. The molecular weight excluding hydrogens is 252 g/mol. The molecule has 2 rings (SSSR count). The lowest BCUT2D eigenvalue weighted by atomic mass is 10.2. The Morgan fingerprint density at radius 2 is 2.10 bits per heavy atom. The highest BCUT2D eigenvalue weighted by atomic mass is 16.5. The maximum atomic E-state index is 5.83. The summed E-state index contributed by atoms with van der Waals surface area (Å²) in [5, 5.41) is 3.24. The Kier molecular flexibility index (Phi) is 4.76. The van der Waals surface area contributed by atoms with E-state index >= 15 is 0 Å². The van der Waals surface area contributed by atoms with Gasteiger partial charge in [-0.25, -0.2) is 0 Å². The van der Waals surface area contributed by atoms with E-state index in [2.05, 4.69) is 15.3 Å². The molecule has 0 aliphatic rings. The van der Waals surface area contributed by atoms with Crippen molar-refractivity contribution in [2.75, 3.05) is 17.7 Å². The van der Waals surface area contributed by atoms with Crippen molar-refractivity contribution in [2.24, 2.45) is 0 Å².